The highest BCUT2D eigenvalue weighted by Gasteiger charge is 2.33. The van der Waals surface area contributed by atoms with Crippen molar-refractivity contribution < 1.29 is 9.21 Å². The summed E-state index contributed by atoms with van der Waals surface area (Å²) in [6.07, 6.45) is 4.03. The van der Waals surface area contributed by atoms with Crippen molar-refractivity contribution in [2.24, 2.45) is 0 Å². The number of halogens is 1. The Balaban J connectivity index is 1.73. The van der Waals surface area contributed by atoms with E-state index in [-0.39, 0.29) is 5.91 Å². The summed E-state index contributed by atoms with van der Waals surface area (Å²) in [6.45, 7) is 3.89. The molecule has 0 saturated carbocycles. The Bertz CT molecular complexity index is 432. The predicted molar refractivity (Wildman–Crippen MR) is 66.9 cm³/mol. The number of furan rings is 1. The second-order valence-corrected chi connectivity index (χ2v) is 5.41. The van der Waals surface area contributed by atoms with Gasteiger partial charge in [-0.1, -0.05) is 0 Å². The molecule has 1 amide bonds. The molecular weight excluding hydrogens is 284 g/mol. The Morgan fingerprint density at radius 1 is 1.41 bits per heavy atom. The standard InChI is InChI=1S/C12H15BrN2O2/c13-11-10(3-7-17-11)12(16)15-6-5-14-4-1-2-9(14)8-15/h3,7,9H,1-2,4-6,8H2. The number of hydrogen-bond donors (Lipinski definition) is 0. The second kappa shape index (κ2) is 4.46. The van der Waals surface area contributed by atoms with Gasteiger partial charge in [0.15, 0.2) is 4.67 Å². The van der Waals surface area contributed by atoms with Gasteiger partial charge in [0, 0.05) is 25.7 Å². The molecule has 0 aliphatic carbocycles. The first-order valence-electron chi connectivity index (χ1n) is 6.02. The Kier molecular flexibility index (Phi) is 2.96. The third-order valence-corrected chi connectivity index (χ3v) is 4.34. The van der Waals surface area contributed by atoms with Gasteiger partial charge >= 0.3 is 0 Å². The predicted octanol–water partition coefficient (Wildman–Crippen LogP) is 1.96. The van der Waals surface area contributed by atoms with Gasteiger partial charge in [-0.3, -0.25) is 9.69 Å². The van der Waals surface area contributed by atoms with Crippen LogP contribution in [0.4, 0.5) is 0 Å². The number of hydrogen-bond acceptors (Lipinski definition) is 3. The fraction of sp³-hybridized carbons (Fsp3) is 0.583. The van der Waals surface area contributed by atoms with E-state index in [1.54, 1.807) is 12.3 Å². The first-order valence-corrected chi connectivity index (χ1v) is 6.81. The molecule has 2 fully saturated rings. The van der Waals surface area contributed by atoms with Crippen LogP contribution < -0.4 is 0 Å². The molecule has 0 spiro atoms. The summed E-state index contributed by atoms with van der Waals surface area (Å²) in [4.78, 5) is 16.7. The normalized spacial score (nSPS) is 25.0. The third kappa shape index (κ3) is 2.02. The molecule has 92 valence electrons. The van der Waals surface area contributed by atoms with Crippen LogP contribution in [0.3, 0.4) is 0 Å². The number of carbonyl (C=O) groups is 1. The van der Waals surface area contributed by atoms with E-state index in [4.69, 9.17) is 4.42 Å². The van der Waals surface area contributed by atoms with Crippen LogP contribution in [0.15, 0.2) is 21.4 Å². The van der Waals surface area contributed by atoms with Crippen LogP contribution in [0.1, 0.15) is 23.2 Å². The zero-order chi connectivity index (χ0) is 11.8. The van der Waals surface area contributed by atoms with Crippen LogP contribution in [-0.4, -0.2) is 47.9 Å². The molecule has 1 unspecified atom stereocenters. The van der Waals surface area contributed by atoms with E-state index >= 15 is 0 Å². The summed E-state index contributed by atoms with van der Waals surface area (Å²) >= 11 is 3.27. The summed E-state index contributed by atoms with van der Waals surface area (Å²) in [5, 5.41) is 0. The molecule has 2 aliphatic heterocycles. The monoisotopic (exact) mass is 298 g/mol. The topological polar surface area (TPSA) is 36.7 Å². The van der Waals surface area contributed by atoms with E-state index in [9.17, 15) is 4.79 Å². The SMILES string of the molecule is O=C(c1ccoc1Br)N1CCN2CCCC2C1. The van der Waals surface area contributed by atoms with Crippen LogP contribution in [0.25, 0.3) is 0 Å². The molecular formula is C12H15BrN2O2. The van der Waals surface area contributed by atoms with Gasteiger partial charge < -0.3 is 9.32 Å². The van der Waals surface area contributed by atoms with E-state index in [0.717, 1.165) is 19.6 Å². The summed E-state index contributed by atoms with van der Waals surface area (Å²) in [6, 6.07) is 2.30. The minimum atomic E-state index is 0.0807. The average molecular weight is 299 g/mol. The Labute approximate surface area is 109 Å². The molecule has 2 saturated heterocycles. The smallest absolute Gasteiger partial charge is 0.258 e. The van der Waals surface area contributed by atoms with Gasteiger partial charge in [-0.15, -0.1) is 0 Å². The maximum Gasteiger partial charge on any atom is 0.258 e. The largest absolute Gasteiger partial charge is 0.457 e. The number of fused-ring (bicyclic) bond motifs is 1. The highest BCUT2D eigenvalue weighted by Crippen LogP contribution is 2.24. The molecule has 0 bridgehead atoms. The molecule has 1 aromatic rings. The molecule has 0 N–H and O–H groups in total. The van der Waals surface area contributed by atoms with E-state index in [0.29, 0.717) is 16.3 Å². The number of nitrogens with zero attached hydrogens (tertiary/aromatic N) is 2. The van der Waals surface area contributed by atoms with Crippen molar-refractivity contribution in [3.05, 3.63) is 22.6 Å². The fourth-order valence-electron chi connectivity index (χ4n) is 2.79. The molecule has 3 heterocycles. The maximum absolute atomic E-state index is 12.3. The van der Waals surface area contributed by atoms with Gasteiger partial charge in [-0.2, -0.15) is 0 Å². The molecule has 1 aromatic heterocycles. The summed E-state index contributed by atoms with van der Waals surface area (Å²) in [5.41, 5.74) is 0.636. The lowest BCUT2D eigenvalue weighted by molar-refractivity contribution is 0.0569. The van der Waals surface area contributed by atoms with Crippen LogP contribution in [-0.2, 0) is 0 Å². The van der Waals surface area contributed by atoms with Crippen LogP contribution in [0.5, 0.6) is 0 Å². The van der Waals surface area contributed by atoms with Gasteiger partial charge in [-0.05, 0) is 41.4 Å². The van der Waals surface area contributed by atoms with Crippen molar-refractivity contribution in [3.63, 3.8) is 0 Å². The number of amides is 1. The number of carbonyl (C=O) groups excluding carboxylic acids is 1. The third-order valence-electron chi connectivity index (χ3n) is 3.72. The van der Waals surface area contributed by atoms with Crippen molar-refractivity contribution in [2.75, 3.05) is 26.2 Å². The van der Waals surface area contributed by atoms with Gasteiger partial charge in [0.1, 0.15) is 0 Å². The highest BCUT2D eigenvalue weighted by molar-refractivity contribution is 9.10. The number of rotatable bonds is 1. The Morgan fingerprint density at radius 2 is 2.29 bits per heavy atom. The van der Waals surface area contributed by atoms with E-state index in [1.165, 1.54) is 19.4 Å². The molecule has 17 heavy (non-hydrogen) atoms. The summed E-state index contributed by atoms with van der Waals surface area (Å²) < 4.78 is 5.66. The molecule has 5 heteroatoms. The van der Waals surface area contributed by atoms with Crippen molar-refractivity contribution >= 4 is 21.8 Å². The van der Waals surface area contributed by atoms with E-state index in [1.807, 2.05) is 4.90 Å². The van der Waals surface area contributed by atoms with Crippen molar-refractivity contribution in [1.82, 2.24) is 9.80 Å². The molecule has 0 aromatic carbocycles. The minimum absolute atomic E-state index is 0.0807. The molecule has 0 radical (unpaired) electrons. The first kappa shape index (κ1) is 11.3. The molecule has 4 nitrogen and oxygen atoms in total. The van der Waals surface area contributed by atoms with Crippen LogP contribution in [0.2, 0.25) is 0 Å². The lowest BCUT2D eigenvalue weighted by Gasteiger charge is -2.37. The zero-order valence-electron chi connectivity index (χ0n) is 9.56. The first-order chi connectivity index (χ1) is 8.25. The van der Waals surface area contributed by atoms with Crippen LogP contribution in [0, 0.1) is 0 Å². The van der Waals surface area contributed by atoms with E-state index < -0.39 is 0 Å². The maximum atomic E-state index is 12.3. The molecule has 2 aliphatic rings. The molecule has 3 rings (SSSR count). The lowest BCUT2D eigenvalue weighted by atomic mass is 10.1. The van der Waals surface area contributed by atoms with Gasteiger partial charge in [0.2, 0.25) is 0 Å². The van der Waals surface area contributed by atoms with Gasteiger partial charge in [0.25, 0.3) is 5.91 Å². The second-order valence-electron chi connectivity index (χ2n) is 4.69. The van der Waals surface area contributed by atoms with Crippen molar-refractivity contribution in [3.8, 4) is 0 Å². The summed E-state index contributed by atoms with van der Waals surface area (Å²) in [7, 11) is 0. The Hall–Kier alpha value is -0.810. The molecule has 1 atom stereocenters. The zero-order valence-corrected chi connectivity index (χ0v) is 11.1. The number of piperazine rings is 1. The minimum Gasteiger partial charge on any atom is -0.457 e. The Morgan fingerprint density at radius 3 is 3.06 bits per heavy atom. The van der Waals surface area contributed by atoms with E-state index in [2.05, 4.69) is 20.8 Å². The van der Waals surface area contributed by atoms with Gasteiger partial charge in [0.05, 0.1) is 11.8 Å². The van der Waals surface area contributed by atoms with Gasteiger partial charge in [-0.25, -0.2) is 0 Å². The lowest BCUT2D eigenvalue weighted by Crippen LogP contribution is -2.52. The summed E-state index contributed by atoms with van der Waals surface area (Å²) in [5.74, 6) is 0.0807. The highest BCUT2D eigenvalue weighted by atomic mass is 79.9. The van der Waals surface area contributed by atoms with Crippen LogP contribution >= 0.6 is 15.9 Å². The quantitative estimate of drug-likeness (QED) is 0.795. The van der Waals surface area contributed by atoms with Crippen molar-refractivity contribution in [1.29, 1.82) is 0 Å². The fourth-order valence-corrected chi connectivity index (χ4v) is 3.20. The van der Waals surface area contributed by atoms with Crippen molar-refractivity contribution in [2.45, 2.75) is 18.9 Å². The average Bonchev–Trinajstić information content (AvgIpc) is 2.95.